The fourth-order valence-corrected chi connectivity index (χ4v) is 0.902. The van der Waals surface area contributed by atoms with E-state index in [0.29, 0.717) is 0 Å². The number of carbonyl (C=O) groups excluding carboxylic acids is 3. The van der Waals surface area contributed by atoms with Crippen molar-refractivity contribution in [2.24, 2.45) is 5.10 Å². The largest absolute Gasteiger partial charge is 0.344 e. The zero-order valence-electron chi connectivity index (χ0n) is 7.77. The van der Waals surface area contributed by atoms with Crippen LogP contribution in [-0.2, 0) is 9.59 Å². The van der Waals surface area contributed by atoms with Gasteiger partial charge < -0.3 is 0 Å². The number of carbonyl (C=O) groups is 3. The number of Topliss-reactive ketones (excluding diaryl/α,β-unsaturated/α-hetero) is 1. The monoisotopic (exact) mass is 208 g/mol. The van der Waals surface area contributed by atoms with Crippen LogP contribution in [0, 0.1) is 11.3 Å². The van der Waals surface area contributed by atoms with Crippen molar-refractivity contribution in [3.8, 4) is 6.07 Å². The maximum atomic E-state index is 11.0. The Morgan fingerprint density at radius 2 is 2.40 bits per heavy atom. The Labute approximate surface area is 85.3 Å². The third-order valence-electron chi connectivity index (χ3n) is 1.60. The molecular weight excluding hydrogens is 200 g/mol. The molecule has 0 aliphatic carbocycles. The van der Waals surface area contributed by atoms with E-state index in [-0.39, 0.29) is 25.2 Å². The van der Waals surface area contributed by atoms with Gasteiger partial charge in [0.15, 0.2) is 5.78 Å². The number of imide groups is 1. The molecule has 3 amide bonds. The lowest BCUT2D eigenvalue weighted by Gasteiger charge is -2.02. The second-order valence-electron chi connectivity index (χ2n) is 2.78. The van der Waals surface area contributed by atoms with Crippen molar-refractivity contribution >= 4 is 23.9 Å². The maximum absolute atomic E-state index is 11.0. The van der Waals surface area contributed by atoms with Crippen LogP contribution in [0.4, 0.5) is 4.79 Å². The molecule has 0 saturated carbocycles. The van der Waals surface area contributed by atoms with E-state index in [9.17, 15) is 14.4 Å². The van der Waals surface area contributed by atoms with Crippen molar-refractivity contribution in [3.05, 3.63) is 0 Å². The Morgan fingerprint density at radius 1 is 1.67 bits per heavy atom. The first-order valence-corrected chi connectivity index (χ1v) is 4.18. The molecule has 0 aromatic heterocycles. The molecule has 0 aromatic carbocycles. The Bertz CT molecular complexity index is 369. The van der Waals surface area contributed by atoms with Crippen LogP contribution in [0.3, 0.4) is 0 Å². The predicted molar refractivity (Wildman–Crippen MR) is 48.6 cm³/mol. The van der Waals surface area contributed by atoms with Gasteiger partial charge in [0.05, 0.1) is 12.3 Å². The molecule has 0 spiro atoms. The maximum Gasteiger partial charge on any atom is 0.344 e. The number of amides is 3. The number of ketones is 1. The Kier molecular flexibility index (Phi) is 3.51. The average molecular weight is 208 g/mol. The lowest BCUT2D eigenvalue weighted by atomic mass is 10.2. The molecule has 1 rings (SSSR count). The molecule has 1 aliphatic rings. The van der Waals surface area contributed by atoms with Gasteiger partial charge in [0, 0.05) is 12.8 Å². The van der Waals surface area contributed by atoms with Crippen LogP contribution >= 0.6 is 0 Å². The highest BCUT2D eigenvalue weighted by atomic mass is 16.2. The molecule has 1 fully saturated rings. The summed E-state index contributed by atoms with van der Waals surface area (Å²) in [7, 11) is 0. The molecule has 15 heavy (non-hydrogen) atoms. The van der Waals surface area contributed by atoms with Gasteiger partial charge in [0.1, 0.15) is 6.54 Å². The molecule has 0 aromatic rings. The average Bonchev–Trinajstić information content (AvgIpc) is 2.51. The van der Waals surface area contributed by atoms with Crippen LogP contribution < -0.4 is 5.32 Å². The van der Waals surface area contributed by atoms with Gasteiger partial charge in [-0.2, -0.15) is 10.4 Å². The van der Waals surface area contributed by atoms with Crippen LogP contribution in [0.5, 0.6) is 0 Å². The molecular formula is C8H8N4O3. The second-order valence-corrected chi connectivity index (χ2v) is 2.78. The summed E-state index contributed by atoms with van der Waals surface area (Å²) in [5.41, 5.74) is 0. The van der Waals surface area contributed by atoms with Gasteiger partial charge in [-0.3, -0.25) is 14.9 Å². The summed E-state index contributed by atoms with van der Waals surface area (Å²) in [5, 5.41) is 14.6. The number of hydrazone groups is 1. The van der Waals surface area contributed by atoms with E-state index in [1.165, 1.54) is 0 Å². The minimum Gasteiger partial charge on any atom is -0.293 e. The Balaban J connectivity index is 2.44. The van der Waals surface area contributed by atoms with Gasteiger partial charge in [-0.15, -0.1) is 0 Å². The molecule has 0 radical (unpaired) electrons. The van der Waals surface area contributed by atoms with Crippen LogP contribution in [-0.4, -0.2) is 35.5 Å². The summed E-state index contributed by atoms with van der Waals surface area (Å²) in [6.45, 7) is -0.180. The van der Waals surface area contributed by atoms with Gasteiger partial charge in [-0.1, -0.05) is 0 Å². The van der Waals surface area contributed by atoms with Crippen LogP contribution in [0.1, 0.15) is 12.8 Å². The van der Waals surface area contributed by atoms with Crippen molar-refractivity contribution in [1.82, 2.24) is 10.3 Å². The van der Waals surface area contributed by atoms with Crippen molar-refractivity contribution in [1.29, 1.82) is 5.26 Å². The number of nitriles is 1. The first-order chi connectivity index (χ1) is 7.13. The fraction of sp³-hybridized carbons (Fsp3) is 0.375. The predicted octanol–water partition coefficient (Wildman–Crippen LogP) is -0.603. The molecule has 1 aliphatic heterocycles. The van der Waals surface area contributed by atoms with E-state index in [1.54, 1.807) is 0 Å². The molecule has 1 saturated heterocycles. The highest BCUT2D eigenvalue weighted by Gasteiger charge is 2.25. The van der Waals surface area contributed by atoms with Gasteiger partial charge in [0.25, 0.3) is 0 Å². The third kappa shape index (κ3) is 3.19. The van der Waals surface area contributed by atoms with E-state index in [2.05, 4.69) is 5.10 Å². The summed E-state index contributed by atoms with van der Waals surface area (Å²) in [6, 6.07) is 1.16. The van der Waals surface area contributed by atoms with Crippen LogP contribution in [0.2, 0.25) is 0 Å². The lowest BCUT2D eigenvalue weighted by molar-refractivity contribution is -0.118. The minimum absolute atomic E-state index is 0.0589. The van der Waals surface area contributed by atoms with E-state index in [0.717, 1.165) is 11.2 Å². The van der Waals surface area contributed by atoms with Crippen molar-refractivity contribution in [2.75, 3.05) is 6.54 Å². The molecule has 78 valence electrons. The van der Waals surface area contributed by atoms with E-state index < -0.39 is 11.9 Å². The van der Waals surface area contributed by atoms with Crippen molar-refractivity contribution < 1.29 is 14.4 Å². The third-order valence-corrected chi connectivity index (χ3v) is 1.60. The summed E-state index contributed by atoms with van der Waals surface area (Å²) < 4.78 is 0. The Morgan fingerprint density at radius 3 is 2.93 bits per heavy atom. The Hall–Kier alpha value is -2.23. The highest BCUT2D eigenvalue weighted by Crippen LogP contribution is 1.98. The highest BCUT2D eigenvalue weighted by molar-refractivity contribution is 6.27. The van der Waals surface area contributed by atoms with Crippen LogP contribution in [0.25, 0.3) is 0 Å². The molecule has 1 heterocycles. The van der Waals surface area contributed by atoms with E-state index in [1.807, 2.05) is 11.4 Å². The number of nitrogens with one attached hydrogen (secondary N) is 1. The molecule has 0 atom stereocenters. The number of hydrogen-bond donors (Lipinski definition) is 1. The zero-order valence-corrected chi connectivity index (χ0v) is 7.77. The van der Waals surface area contributed by atoms with Crippen molar-refractivity contribution in [2.45, 2.75) is 12.8 Å². The minimum atomic E-state index is -0.649. The normalized spacial score (nSPS) is 15.5. The summed E-state index contributed by atoms with van der Waals surface area (Å²) in [4.78, 5) is 32.6. The summed E-state index contributed by atoms with van der Waals surface area (Å²) in [6.07, 6.45) is 1.11. The number of rotatable bonds is 4. The first kappa shape index (κ1) is 10.8. The van der Waals surface area contributed by atoms with Gasteiger partial charge in [0.2, 0.25) is 5.91 Å². The molecule has 1 N–H and O–H groups in total. The zero-order chi connectivity index (χ0) is 11.3. The molecule has 7 heteroatoms. The number of nitrogens with zero attached hydrogens (tertiary/aromatic N) is 3. The van der Waals surface area contributed by atoms with Gasteiger partial charge >= 0.3 is 6.03 Å². The number of hydrogen-bond acceptors (Lipinski definition) is 5. The smallest absolute Gasteiger partial charge is 0.293 e. The SMILES string of the molecule is N#CCCC(=O)/C=N/N1CC(=O)NC1=O. The first-order valence-electron chi connectivity index (χ1n) is 4.18. The topological polar surface area (TPSA) is 103 Å². The van der Waals surface area contributed by atoms with Crippen LogP contribution in [0.15, 0.2) is 5.10 Å². The second kappa shape index (κ2) is 4.85. The molecule has 7 nitrogen and oxygen atoms in total. The lowest BCUT2D eigenvalue weighted by Crippen LogP contribution is -2.24. The quantitative estimate of drug-likeness (QED) is 0.492. The standard InChI is InChI=1S/C8H8N4O3/c9-3-1-2-6(13)4-10-12-5-7(14)11-8(12)15/h4H,1-2,5H2,(H,11,14,15)/b10-4+. The summed E-state index contributed by atoms with van der Waals surface area (Å²) >= 11 is 0. The molecule has 0 unspecified atom stereocenters. The fourth-order valence-electron chi connectivity index (χ4n) is 0.902. The molecule has 0 bridgehead atoms. The summed E-state index contributed by atoms with van der Waals surface area (Å²) in [5.74, 6) is -0.815. The van der Waals surface area contributed by atoms with Gasteiger partial charge in [-0.05, 0) is 0 Å². The van der Waals surface area contributed by atoms with E-state index in [4.69, 9.17) is 5.26 Å². The van der Waals surface area contributed by atoms with Crippen molar-refractivity contribution in [3.63, 3.8) is 0 Å². The van der Waals surface area contributed by atoms with Gasteiger partial charge in [-0.25, -0.2) is 9.80 Å². The number of urea groups is 1. The van der Waals surface area contributed by atoms with E-state index >= 15 is 0 Å².